The number of carbonyl (C=O) groups excluding carboxylic acids is 2. The second-order valence-corrected chi connectivity index (χ2v) is 10.2. The minimum absolute atomic E-state index is 0.0311. The number of nitrogens with zero attached hydrogens (tertiary/aromatic N) is 5. The number of fused-ring (bicyclic) bond motifs is 1. The number of alkyl halides is 3. The van der Waals surface area contributed by atoms with E-state index in [2.05, 4.69) is 9.97 Å². The van der Waals surface area contributed by atoms with Gasteiger partial charge in [-0.2, -0.15) is 18.2 Å². The van der Waals surface area contributed by atoms with Gasteiger partial charge in [-0.1, -0.05) is 25.5 Å². The third-order valence-electron chi connectivity index (χ3n) is 5.82. The molecule has 10 nitrogen and oxygen atoms in total. The molecule has 0 saturated carbocycles. The zero-order valence-electron chi connectivity index (χ0n) is 22.6. The van der Waals surface area contributed by atoms with Gasteiger partial charge in [0, 0.05) is 43.6 Å². The quantitative estimate of drug-likeness (QED) is 0.305. The van der Waals surface area contributed by atoms with Gasteiger partial charge in [-0.15, -0.1) is 0 Å². The van der Waals surface area contributed by atoms with Crippen LogP contribution >= 0.6 is 0 Å². The normalized spacial score (nSPS) is 12.3. The third-order valence-corrected chi connectivity index (χ3v) is 7.04. The van der Waals surface area contributed by atoms with E-state index in [-0.39, 0.29) is 35.5 Å². The summed E-state index contributed by atoms with van der Waals surface area (Å²) in [6, 6.07) is 7.50. The van der Waals surface area contributed by atoms with Crippen LogP contribution in [0, 0.1) is 13.3 Å². The topological polar surface area (TPSA) is 113 Å². The minimum Gasteiger partial charge on any atom is -0.609 e. The largest absolute Gasteiger partial charge is 0.609 e. The van der Waals surface area contributed by atoms with Gasteiger partial charge in [-0.05, 0) is 31.5 Å². The van der Waals surface area contributed by atoms with Crippen LogP contribution in [0.15, 0.2) is 41.7 Å². The number of benzene rings is 1. The van der Waals surface area contributed by atoms with Gasteiger partial charge in [0.1, 0.15) is 12.4 Å². The average molecular weight is 583 g/mol. The van der Waals surface area contributed by atoms with Crippen molar-refractivity contribution < 1.29 is 36.8 Å². The number of amides is 2. The smallest absolute Gasteiger partial charge is 0.422 e. The lowest BCUT2D eigenvalue weighted by Crippen LogP contribution is -2.37. The molecule has 3 aromatic rings. The molecule has 0 aliphatic heterocycles. The molecule has 2 heterocycles. The monoisotopic (exact) mass is 582 g/mol. The van der Waals surface area contributed by atoms with E-state index in [1.807, 2.05) is 13.3 Å². The number of hydrogen-bond donors (Lipinski definition) is 0. The van der Waals surface area contributed by atoms with Crippen LogP contribution in [0.2, 0.25) is 0 Å². The summed E-state index contributed by atoms with van der Waals surface area (Å²) in [5, 5.41) is -0.0484. The van der Waals surface area contributed by atoms with Gasteiger partial charge in [0.2, 0.25) is 0 Å². The maximum Gasteiger partial charge on any atom is 0.422 e. The summed E-state index contributed by atoms with van der Waals surface area (Å²) < 4.78 is 62.7. The van der Waals surface area contributed by atoms with Crippen LogP contribution in [-0.2, 0) is 21.7 Å². The molecule has 0 spiro atoms. The van der Waals surface area contributed by atoms with Crippen LogP contribution in [0.4, 0.5) is 22.8 Å². The fraction of sp³-hybridized carbons (Fsp3) is 0.423. The highest BCUT2D eigenvalue weighted by atomic mass is 32.2. The number of para-hydroxylation sites is 2. The van der Waals surface area contributed by atoms with Gasteiger partial charge in [0.25, 0.3) is 0 Å². The van der Waals surface area contributed by atoms with Crippen molar-refractivity contribution in [1.82, 2.24) is 24.3 Å². The summed E-state index contributed by atoms with van der Waals surface area (Å²) >= 11 is -1.91. The van der Waals surface area contributed by atoms with E-state index in [4.69, 9.17) is 9.47 Å². The van der Waals surface area contributed by atoms with Crippen LogP contribution in [0.25, 0.3) is 11.0 Å². The zero-order chi connectivity index (χ0) is 29.4. The molecule has 0 N–H and O–H groups in total. The lowest BCUT2D eigenvalue weighted by atomic mass is 10.2. The number of carbonyl (C=O) groups is 2. The van der Waals surface area contributed by atoms with Gasteiger partial charge in [0.05, 0.1) is 23.3 Å². The number of halogens is 3. The molecule has 14 heteroatoms. The molecule has 0 aliphatic carbocycles. The molecule has 1 atom stereocenters. The maximum absolute atomic E-state index is 13.5. The summed E-state index contributed by atoms with van der Waals surface area (Å²) in [5.74, 6) is -0.245. The first-order chi connectivity index (χ1) is 18.9. The second kappa shape index (κ2) is 13.7. The van der Waals surface area contributed by atoms with Crippen LogP contribution < -0.4 is 4.74 Å². The molecule has 1 radical (unpaired) electrons. The number of pyridine rings is 1. The molecule has 0 bridgehead atoms. The van der Waals surface area contributed by atoms with E-state index in [9.17, 15) is 27.3 Å². The van der Waals surface area contributed by atoms with Crippen molar-refractivity contribution >= 4 is 34.3 Å². The number of hydrogen-bond acceptors (Lipinski definition) is 7. The Labute approximate surface area is 233 Å². The first kappa shape index (κ1) is 31.0. The molecular formula is C26H31F3N5O5S. The molecule has 0 fully saturated rings. The molecule has 217 valence electrons. The third kappa shape index (κ3) is 8.01. The predicted octanol–water partition coefficient (Wildman–Crippen LogP) is 4.57. The number of ether oxygens (including phenoxy) is 2. The van der Waals surface area contributed by atoms with Crippen molar-refractivity contribution in [2.75, 3.05) is 40.4 Å². The average Bonchev–Trinajstić information content (AvgIpc) is 3.30. The number of likely N-dealkylation sites (N-methyl/N-ethyl adjacent to an activating group) is 1. The Morgan fingerprint density at radius 2 is 1.90 bits per heavy atom. The first-order valence-corrected chi connectivity index (χ1v) is 13.7. The van der Waals surface area contributed by atoms with E-state index in [0.717, 1.165) is 6.42 Å². The molecule has 3 rings (SSSR count). The molecular weight excluding hydrogens is 551 g/mol. The van der Waals surface area contributed by atoms with Gasteiger partial charge >= 0.3 is 23.5 Å². The highest BCUT2D eigenvalue weighted by molar-refractivity contribution is 7.90. The first-order valence-electron chi connectivity index (χ1n) is 12.4. The van der Waals surface area contributed by atoms with E-state index in [0.29, 0.717) is 23.1 Å². The van der Waals surface area contributed by atoms with E-state index in [1.54, 1.807) is 31.3 Å². The van der Waals surface area contributed by atoms with Crippen LogP contribution in [-0.4, -0.2) is 87.6 Å². The van der Waals surface area contributed by atoms with Crippen LogP contribution in [0.5, 0.6) is 5.75 Å². The SMILES string of the molecule is CC[CH]CN(C)C(=O)OCCN(C)C(=O)n1c([S@+]([O-])Cc2nccc(OCC(F)(F)F)c2C)nc2ccccc21. The van der Waals surface area contributed by atoms with Crippen molar-refractivity contribution in [3.05, 3.63) is 54.2 Å². The van der Waals surface area contributed by atoms with Crippen molar-refractivity contribution in [2.24, 2.45) is 0 Å². The second-order valence-electron chi connectivity index (χ2n) is 8.89. The molecule has 2 amide bonds. The molecule has 0 aliphatic rings. The Morgan fingerprint density at radius 3 is 2.60 bits per heavy atom. The van der Waals surface area contributed by atoms with E-state index < -0.39 is 36.1 Å². The van der Waals surface area contributed by atoms with Crippen LogP contribution in [0.1, 0.15) is 24.6 Å². The lowest BCUT2D eigenvalue weighted by Gasteiger charge is -2.21. The maximum atomic E-state index is 13.5. The predicted molar refractivity (Wildman–Crippen MR) is 142 cm³/mol. The van der Waals surface area contributed by atoms with E-state index >= 15 is 0 Å². The molecule has 2 aromatic heterocycles. The van der Waals surface area contributed by atoms with Crippen molar-refractivity contribution in [3.8, 4) is 5.75 Å². The van der Waals surface area contributed by atoms with Gasteiger partial charge in [0.15, 0.2) is 12.4 Å². The van der Waals surface area contributed by atoms with Crippen molar-refractivity contribution in [2.45, 2.75) is 37.4 Å². The molecule has 0 saturated heterocycles. The summed E-state index contributed by atoms with van der Waals surface area (Å²) in [4.78, 5) is 36.9. The van der Waals surface area contributed by atoms with Gasteiger partial charge in [-0.3, -0.25) is 4.98 Å². The summed E-state index contributed by atoms with van der Waals surface area (Å²) in [6.07, 6.45) is -1.04. The number of unbranched alkanes of at least 4 members (excludes halogenated alkanes) is 1. The van der Waals surface area contributed by atoms with Gasteiger partial charge < -0.3 is 23.8 Å². The highest BCUT2D eigenvalue weighted by Gasteiger charge is 2.31. The highest BCUT2D eigenvalue weighted by Crippen LogP contribution is 2.27. The fourth-order valence-corrected chi connectivity index (χ4v) is 4.84. The number of imidazole rings is 1. The zero-order valence-corrected chi connectivity index (χ0v) is 23.4. The number of rotatable bonds is 11. The fourth-order valence-electron chi connectivity index (χ4n) is 3.59. The van der Waals surface area contributed by atoms with Gasteiger partial charge in [-0.25, -0.2) is 14.2 Å². The van der Waals surface area contributed by atoms with E-state index in [1.165, 1.54) is 40.6 Å². The summed E-state index contributed by atoms with van der Waals surface area (Å²) in [7, 11) is 3.12. The molecule has 0 unspecified atom stereocenters. The standard InChI is InChI=1S/C26H31F3N5O5S/c1-5-6-13-33(4)25(36)38-15-14-32(3)24(35)34-21-10-8-7-9-19(21)31-23(34)40(37)16-20-18(2)22(11-12-30-20)39-17-26(27,28)29/h6-12H,5,13-17H2,1-4H3/t40-/m1/s1. The molecule has 40 heavy (non-hydrogen) atoms. The Bertz CT molecular complexity index is 1320. The summed E-state index contributed by atoms with van der Waals surface area (Å²) in [6.45, 7) is 2.45. The summed E-state index contributed by atoms with van der Waals surface area (Å²) in [5.41, 5.74) is 1.39. The minimum atomic E-state index is -4.52. The Kier molecular flexibility index (Phi) is 10.6. The van der Waals surface area contributed by atoms with Crippen molar-refractivity contribution in [1.29, 1.82) is 0 Å². The Balaban J connectivity index is 1.78. The number of aromatic nitrogens is 3. The Morgan fingerprint density at radius 1 is 1.18 bits per heavy atom. The molecule has 1 aromatic carbocycles. The van der Waals surface area contributed by atoms with Crippen molar-refractivity contribution in [3.63, 3.8) is 0 Å². The van der Waals surface area contributed by atoms with Crippen LogP contribution in [0.3, 0.4) is 0 Å². The Hall–Kier alpha value is -3.52. The lowest BCUT2D eigenvalue weighted by molar-refractivity contribution is -0.153.